The van der Waals surface area contributed by atoms with Crippen molar-refractivity contribution in [2.24, 2.45) is 5.92 Å². The summed E-state index contributed by atoms with van der Waals surface area (Å²) in [7, 11) is 0. The Morgan fingerprint density at radius 1 is 1.11 bits per heavy atom. The highest BCUT2D eigenvalue weighted by Gasteiger charge is 2.31. The van der Waals surface area contributed by atoms with E-state index in [4.69, 9.17) is 16.3 Å². The van der Waals surface area contributed by atoms with E-state index in [0.29, 0.717) is 17.2 Å². The average molecular weight is 385 g/mol. The SMILES string of the molecule is CC(NC(=O)C1Cc2cc(Cl)ccc2O1)c1ccc(NC(=O)C2CC2)cc1. The van der Waals surface area contributed by atoms with Gasteiger partial charge in [0.25, 0.3) is 5.91 Å². The van der Waals surface area contributed by atoms with Gasteiger partial charge in [0, 0.05) is 23.0 Å². The van der Waals surface area contributed by atoms with Crippen molar-refractivity contribution in [2.45, 2.75) is 38.3 Å². The fraction of sp³-hybridized carbons (Fsp3) is 0.333. The number of benzene rings is 2. The van der Waals surface area contributed by atoms with Crippen molar-refractivity contribution in [3.63, 3.8) is 0 Å². The Kier molecular flexibility index (Phi) is 4.79. The molecule has 2 amide bonds. The van der Waals surface area contributed by atoms with E-state index in [1.54, 1.807) is 12.1 Å². The van der Waals surface area contributed by atoms with Crippen LogP contribution in [-0.4, -0.2) is 17.9 Å². The predicted molar refractivity (Wildman–Crippen MR) is 104 cm³/mol. The van der Waals surface area contributed by atoms with E-state index in [1.165, 1.54) is 0 Å². The van der Waals surface area contributed by atoms with Crippen LogP contribution in [0.25, 0.3) is 0 Å². The molecule has 1 aliphatic carbocycles. The van der Waals surface area contributed by atoms with Gasteiger partial charge < -0.3 is 15.4 Å². The normalized spacial score (nSPS) is 19.0. The molecular weight excluding hydrogens is 364 g/mol. The summed E-state index contributed by atoms with van der Waals surface area (Å²) >= 11 is 6.00. The summed E-state index contributed by atoms with van der Waals surface area (Å²) in [6.45, 7) is 1.93. The standard InChI is InChI=1S/C21H21ClN2O3/c1-12(13-4-7-17(8-5-13)24-20(25)14-2-3-14)23-21(26)19-11-15-10-16(22)6-9-18(15)27-19/h4-10,12,14,19H,2-3,11H2,1H3,(H,23,26)(H,24,25). The quantitative estimate of drug-likeness (QED) is 0.822. The number of carbonyl (C=O) groups excluding carboxylic acids is 2. The number of ether oxygens (including phenoxy) is 1. The molecule has 5 nitrogen and oxygen atoms in total. The molecule has 0 aromatic heterocycles. The van der Waals surface area contributed by atoms with E-state index in [0.717, 1.165) is 29.7 Å². The predicted octanol–water partition coefficient (Wildman–Crippen LogP) is 3.87. The molecule has 0 radical (unpaired) electrons. The maximum Gasteiger partial charge on any atom is 0.261 e. The third kappa shape index (κ3) is 4.08. The molecule has 2 aliphatic rings. The molecule has 1 aliphatic heterocycles. The molecular formula is C21H21ClN2O3. The minimum atomic E-state index is -0.544. The van der Waals surface area contributed by atoms with E-state index < -0.39 is 6.10 Å². The first-order chi connectivity index (χ1) is 13.0. The summed E-state index contributed by atoms with van der Waals surface area (Å²) in [5.41, 5.74) is 2.69. The maximum absolute atomic E-state index is 12.6. The fourth-order valence-electron chi connectivity index (χ4n) is 3.20. The molecule has 1 fully saturated rings. The highest BCUT2D eigenvalue weighted by atomic mass is 35.5. The van der Waals surface area contributed by atoms with Gasteiger partial charge in [0.15, 0.2) is 6.10 Å². The first kappa shape index (κ1) is 17.9. The van der Waals surface area contributed by atoms with Gasteiger partial charge in [-0.2, -0.15) is 0 Å². The van der Waals surface area contributed by atoms with Crippen LogP contribution in [0, 0.1) is 5.92 Å². The number of carbonyl (C=O) groups is 2. The molecule has 2 unspecified atom stereocenters. The van der Waals surface area contributed by atoms with E-state index in [-0.39, 0.29) is 23.8 Å². The molecule has 27 heavy (non-hydrogen) atoms. The lowest BCUT2D eigenvalue weighted by Gasteiger charge is -2.18. The number of hydrogen-bond donors (Lipinski definition) is 2. The maximum atomic E-state index is 12.6. The molecule has 0 saturated heterocycles. The molecule has 4 rings (SSSR count). The summed E-state index contributed by atoms with van der Waals surface area (Å²) in [6.07, 6.45) is 1.93. The first-order valence-electron chi connectivity index (χ1n) is 9.16. The Morgan fingerprint density at radius 2 is 1.85 bits per heavy atom. The van der Waals surface area contributed by atoms with Crippen molar-refractivity contribution in [2.75, 3.05) is 5.32 Å². The van der Waals surface area contributed by atoms with Crippen LogP contribution < -0.4 is 15.4 Å². The molecule has 2 aromatic carbocycles. The number of fused-ring (bicyclic) bond motifs is 1. The van der Waals surface area contributed by atoms with Crippen LogP contribution in [-0.2, 0) is 16.0 Å². The largest absolute Gasteiger partial charge is 0.480 e. The van der Waals surface area contributed by atoms with E-state index in [1.807, 2.05) is 37.3 Å². The van der Waals surface area contributed by atoms with Crippen molar-refractivity contribution in [1.82, 2.24) is 5.32 Å². The highest BCUT2D eigenvalue weighted by Crippen LogP contribution is 2.32. The van der Waals surface area contributed by atoms with Crippen LogP contribution in [0.4, 0.5) is 5.69 Å². The molecule has 0 spiro atoms. The number of rotatable bonds is 5. The lowest BCUT2D eigenvalue weighted by Crippen LogP contribution is -2.38. The molecule has 1 heterocycles. The smallest absolute Gasteiger partial charge is 0.261 e. The zero-order chi connectivity index (χ0) is 19.0. The van der Waals surface area contributed by atoms with Crippen molar-refractivity contribution >= 4 is 29.1 Å². The topological polar surface area (TPSA) is 67.4 Å². The van der Waals surface area contributed by atoms with E-state index in [9.17, 15) is 9.59 Å². The molecule has 2 atom stereocenters. The van der Waals surface area contributed by atoms with Crippen LogP contribution in [0.1, 0.15) is 36.9 Å². The van der Waals surface area contributed by atoms with Crippen LogP contribution in [0.2, 0.25) is 5.02 Å². The van der Waals surface area contributed by atoms with Gasteiger partial charge in [0.05, 0.1) is 6.04 Å². The van der Waals surface area contributed by atoms with Gasteiger partial charge in [-0.25, -0.2) is 0 Å². The van der Waals surface area contributed by atoms with Crippen molar-refractivity contribution in [1.29, 1.82) is 0 Å². The number of nitrogens with one attached hydrogen (secondary N) is 2. The number of halogens is 1. The first-order valence-corrected chi connectivity index (χ1v) is 9.53. The lowest BCUT2D eigenvalue weighted by molar-refractivity contribution is -0.127. The Balaban J connectivity index is 1.34. The molecule has 1 saturated carbocycles. The van der Waals surface area contributed by atoms with Crippen molar-refractivity contribution in [3.05, 3.63) is 58.6 Å². The molecule has 2 aromatic rings. The van der Waals surface area contributed by atoms with Crippen LogP contribution in [0.15, 0.2) is 42.5 Å². The minimum Gasteiger partial charge on any atom is -0.480 e. The Hall–Kier alpha value is -2.53. The second-order valence-electron chi connectivity index (χ2n) is 7.18. The average Bonchev–Trinajstić information content (AvgIpc) is 3.42. The monoisotopic (exact) mass is 384 g/mol. The third-order valence-corrected chi connectivity index (χ3v) is 5.21. The summed E-state index contributed by atoms with van der Waals surface area (Å²) in [6, 6.07) is 12.8. The van der Waals surface area contributed by atoms with Gasteiger partial charge in [-0.15, -0.1) is 0 Å². The second kappa shape index (κ2) is 7.24. The zero-order valence-corrected chi connectivity index (χ0v) is 15.8. The number of anilines is 1. The van der Waals surface area contributed by atoms with Gasteiger partial charge in [0.1, 0.15) is 5.75 Å². The van der Waals surface area contributed by atoms with E-state index >= 15 is 0 Å². The van der Waals surface area contributed by atoms with Gasteiger partial charge >= 0.3 is 0 Å². The number of hydrogen-bond acceptors (Lipinski definition) is 3. The minimum absolute atomic E-state index is 0.0853. The fourth-order valence-corrected chi connectivity index (χ4v) is 3.39. The summed E-state index contributed by atoms with van der Waals surface area (Å²) < 4.78 is 5.73. The Morgan fingerprint density at radius 3 is 2.56 bits per heavy atom. The van der Waals surface area contributed by atoms with E-state index in [2.05, 4.69) is 10.6 Å². The summed E-state index contributed by atoms with van der Waals surface area (Å²) in [5, 5.41) is 6.54. The van der Waals surface area contributed by atoms with Crippen LogP contribution in [0.3, 0.4) is 0 Å². The number of amides is 2. The second-order valence-corrected chi connectivity index (χ2v) is 7.61. The zero-order valence-electron chi connectivity index (χ0n) is 15.0. The lowest BCUT2D eigenvalue weighted by atomic mass is 10.1. The molecule has 140 valence electrons. The van der Waals surface area contributed by atoms with Gasteiger partial charge in [-0.1, -0.05) is 23.7 Å². The Labute approximate surface area is 163 Å². The summed E-state index contributed by atoms with van der Waals surface area (Å²) in [4.78, 5) is 24.4. The third-order valence-electron chi connectivity index (χ3n) is 4.97. The van der Waals surface area contributed by atoms with Crippen molar-refractivity contribution in [3.8, 4) is 5.75 Å². The van der Waals surface area contributed by atoms with Gasteiger partial charge in [0.2, 0.25) is 5.91 Å². The van der Waals surface area contributed by atoms with Crippen LogP contribution in [0.5, 0.6) is 5.75 Å². The summed E-state index contributed by atoms with van der Waals surface area (Å²) in [5.74, 6) is 0.819. The van der Waals surface area contributed by atoms with Gasteiger partial charge in [-0.05, 0) is 61.2 Å². The molecule has 2 N–H and O–H groups in total. The highest BCUT2D eigenvalue weighted by molar-refractivity contribution is 6.30. The van der Waals surface area contributed by atoms with Crippen LogP contribution >= 0.6 is 11.6 Å². The van der Waals surface area contributed by atoms with Crippen molar-refractivity contribution < 1.29 is 14.3 Å². The Bertz CT molecular complexity index is 877. The molecule has 6 heteroatoms. The molecule has 0 bridgehead atoms. The van der Waals surface area contributed by atoms with Gasteiger partial charge in [-0.3, -0.25) is 9.59 Å².